The molecule has 126 valence electrons. The predicted molar refractivity (Wildman–Crippen MR) is 88.5 cm³/mol. The van der Waals surface area contributed by atoms with Crippen LogP contribution in [0, 0.1) is 0 Å². The van der Waals surface area contributed by atoms with Crippen molar-refractivity contribution in [2.24, 2.45) is 0 Å². The molecule has 0 saturated carbocycles. The van der Waals surface area contributed by atoms with Crippen LogP contribution in [0.4, 0.5) is 0 Å². The smallest absolute Gasteiger partial charge is 0.328 e. The molecule has 1 atom stereocenters. The average molecular weight is 309 g/mol. The van der Waals surface area contributed by atoms with Crippen molar-refractivity contribution in [1.29, 1.82) is 0 Å². The molecule has 1 N–H and O–H groups in total. The molecule has 0 spiro atoms. The summed E-state index contributed by atoms with van der Waals surface area (Å²) in [6, 6.07) is -0.407. The minimum atomic E-state index is -0.407. The third kappa shape index (κ3) is 8.85. The number of rotatable bonds is 12. The highest BCUT2D eigenvalue weighted by atomic mass is 16.5. The first-order valence-corrected chi connectivity index (χ1v) is 8.81. The van der Waals surface area contributed by atoms with Gasteiger partial charge in [0.15, 0.2) is 0 Å². The Bertz CT molecular complexity index is 352. The molecule has 0 unspecified atom stereocenters. The lowest BCUT2D eigenvalue weighted by Gasteiger charge is -2.09. The van der Waals surface area contributed by atoms with Crippen molar-refractivity contribution in [2.45, 2.75) is 83.6 Å². The normalized spacial score (nSPS) is 17.9. The van der Waals surface area contributed by atoms with Gasteiger partial charge in [-0.2, -0.15) is 0 Å². The molecule has 22 heavy (non-hydrogen) atoms. The molecule has 1 fully saturated rings. The number of carbonyl (C=O) groups excluding carboxylic acids is 2. The van der Waals surface area contributed by atoms with Gasteiger partial charge in [0.1, 0.15) is 6.04 Å². The molecule has 0 aromatic carbocycles. The maximum atomic E-state index is 11.6. The van der Waals surface area contributed by atoms with Gasteiger partial charge in [0.05, 0.1) is 6.61 Å². The number of nitrogens with one attached hydrogen (secondary N) is 1. The third-order valence-electron chi connectivity index (χ3n) is 4.02. The first-order valence-electron chi connectivity index (χ1n) is 8.81. The van der Waals surface area contributed by atoms with Gasteiger partial charge in [-0.3, -0.25) is 4.79 Å². The third-order valence-corrected chi connectivity index (χ3v) is 4.02. The maximum Gasteiger partial charge on any atom is 0.328 e. The van der Waals surface area contributed by atoms with Crippen LogP contribution < -0.4 is 5.32 Å². The van der Waals surface area contributed by atoms with Crippen molar-refractivity contribution in [2.75, 3.05) is 6.61 Å². The van der Waals surface area contributed by atoms with E-state index in [0.29, 0.717) is 19.4 Å². The molecular weight excluding hydrogens is 278 g/mol. The topological polar surface area (TPSA) is 55.4 Å². The molecule has 1 aliphatic heterocycles. The van der Waals surface area contributed by atoms with Crippen molar-refractivity contribution in [3.8, 4) is 0 Å². The molecule has 0 aromatic rings. The van der Waals surface area contributed by atoms with Crippen LogP contribution in [0.1, 0.15) is 77.6 Å². The van der Waals surface area contributed by atoms with Crippen LogP contribution in [0.25, 0.3) is 0 Å². The highest BCUT2D eigenvalue weighted by Crippen LogP contribution is 2.11. The van der Waals surface area contributed by atoms with Gasteiger partial charge in [-0.1, -0.05) is 50.7 Å². The molecule has 1 saturated heterocycles. The Morgan fingerprint density at radius 1 is 1.14 bits per heavy atom. The molecule has 4 heteroatoms. The fourth-order valence-corrected chi connectivity index (χ4v) is 2.66. The Hall–Kier alpha value is -1.32. The Morgan fingerprint density at radius 2 is 1.77 bits per heavy atom. The van der Waals surface area contributed by atoms with Crippen molar-refractivity contribution in [3.63, 3.8) is 0 Å². The first-order chi connectivity index (χ1) is 10.7. The average Bonchev–Trinajstić information content (AvgIpc) is 2.95. The van der Waals surface area contributed by atoms with Crippen molar-refractivity contribution in [1.82, 2.24) is 5.32 Å². The molecule has 0 radical (unpaired) electrons. The summed E-state index contributed by atoms with van der Waals surface area (Å²) in [5.74, 6) is -0.320. The van der Waals surface area contributed by atoms with E-state index in [1.807, 2.05) is 0 Å². The zero-order chi connectivity index (χ0) is 16.0. The highest BCUT2D eigenvalue weighted by molar-refractivity contribution is 5.87. The second-order valence-corrected chi connectivity index (χ2v) is 6.01. The summed E-state index contributed by atoms with van der Waals surface area (Å²) >= 11 is 0. The van der Waals surface area contributed by atoms with Gasteiger partial charge in [0.25, 0.3) is 0 Å². The number of amides is 1. The molecule has 1 heterocycles. The Labute approximate surface area is 134 Å². The molecular formula is C18H31NO3. The Morgan fingerprint density at radius 3 is 2.36 bits per heavy atom. The minimum absolute atomic E-state index is 0.0485. The molecule has 4 nitrogen and oxygen atoms in total. The molecule has 0 bridgehead atoms. The van der Waals surface area contributed by atoms with Crippen LogP contribution in [-0.2, 0) is 14.3 Å². The zero-order valence-corrected chi connectivity index (χ0v) is 13.9. The quantitative estimate of drug-likeness (QED) is 0.338. The number of carbonyl (C=O) groups is 2. The highest BCUT2D eigenvalue weighted by Gasteiger charge is 2.28. The van der Waals surface area contributed by atoms with Gasteiger partial charge >= 0.3 is 5.97 Å². The fourth-order valence-electron chi connectivity index (χ4n) is 2.66. The number of hydrogen-bond acceptors (Lipinski definition) is 3. The Kier molecular flexibility index (Phi) is 10.4. The van der Waals surface area contributed by atoms with Gasteiger partial charge in [-0.05, 0) is 32.6 Å². The van der Waals surface area contributed by atoms with Crippen LogP contribution >= 0.6 is 0 Å². The fraction of sp³-hybridized carbons (Fsp3) is 0.778. The van der Waals surface area contributed by atoms with Crippen LogP contribution in [0.15, 0.2) is 12.2 Å². The van der Waals surface area contributed by atoms with E-state index in [9.17, 15) is 9.59 Å². The summed E-state index contributed by atoms with van der Waals surface area (Å²) in [7, 11) is 0. The number of unbranched alkanes of at least 4 members (excludes halogenated alkanes) is 8. The van der Waals surface area contributed by atoms with Crippen LogP contribution in [-0.4, -0.2) is 24.5 Å². The van der Waals surface area contributed by atoms with E-state index >= 15 is 0 Å². The van der Waals surface area contributed by atoms with Crippen LogP contribution in [0.2, 0.25) is 0 Å². The monoisotopic (exact) mass is 309 g/mol. The lowest BCUT2D eigenvalue weighted by Crippen LogP contribution is -2.34. The second kappa shape index (κ2) is 12.2. The number of ether oxygens (including phenoxy) is 1. The van der Waals surface area contributed by atoms with E-state index in [1.165, 1.54) is 44.9 Å². The van der Waals surface area contributed by atoms with E-state index in [2.05, 4.69) is 24.4 Å². The SMILES string of the molecule is C/C=C/CCCCCCCCCCOC(=O)[C@@H]1CCC(=O)N1. The standard InChI is InChI=1S/C18H31NO3/c1-2-3-4-5-6-7-8-9-10-11-12-15-22-18(21)16-13-14-17(20)19-16/h2-3,16H,4-15H2,1H3,(H,19,20)/b3-2+/t16-/m0/s1. The lowest BCUT2D eigenvalue weighted by molar-refractivity contribution is -0.146. The second-order valence-electron chi connectivity index (χ2n) is 6.01. The molecule has 1 amide bonds. The molecule has 1 aliphatic rings. The summed E-state index contributed by atoms with van der Waals surface area (Å²) in [5, 5.41) is 2.63. The van der Waals surface area contributed by atoms with Crippen molar-refractivity contribution >= 4 is 11.9 Å². The van der Waals surface area contributed by atoms with Gasteiger partial charge in [0.2, 0.25) is 5.91 Å². The largest absolute Gasteiger partial charge is 0.464 e. The molecule has 1 rings (SSSR count). The van der Waals surface area contributed by atoms with Crippen molar-refractivity contribution < 1.29 is 14.3 Å². The van der Waals surface area contributed by atoms with E-state index in [4.69, 9.17) is 4.74 Å². The van der Waals surface area contributed by atoms with Gasteiger partial charge in [-0.25, -0.2) is 4.79 Å². The van der Waals surface area contributed by atoms with Crippen LogP contribution in [0.5, 0.6) is 0 Å². The maximum absolute atomic E-state index is 11.6. The summed E-state index contributed by atoms with van der Waals surface area (Å²) < 4.78 is 5.20. The van der Waals surface area contributed by atoms with Gasteiger partial charge in [0, 0.05) is 6.42 Å². The number of allylic oxidation sites excluding steroid dienone is 2. The molecule has 0 aliphatic carbocycles. The van der Waals surface area contributed by atoms with E-state index in [-0.39, 0.29) is 11.9 Å². The summed E-state index contributed by atoms with van der Waals surface area (Å²) in [6.07, 6.45) is 16.4. The van der Waals surface area contributed by atoms with E-state index in [1.54, 1.807) is 0 Å². The van der Waals surface area contributed by atoms with E-state index < -0.39 is 6.04 Å². The number of esters is 1. The van der Waals surface area contributed by atoms with Crippen molar-refractivity contribution in [3.05, 3.63) is 12.2 Å². The van der Waals surface area contributed by atoms with Crippen LogP contribution in [0.3, 0.4) is 0 Å². The summed E-state index contributed by atoms with van der Waals surface area (Å²) in [4.78, 5) is 22.6. The molecule has 0 aromatic heterocycles. The Balaban J connectivity index is 1.81. The first kappa shape index (κ1) is 18.7. The predicted octanol–water partition coefficient (Wildman–Crippen LogP) is 3.90. The zero-order valence-electron chi connectivity index (χ0n) is 13.9. The summed E-state index contributed by atoms with van der Waals surface area (Å²) in [6.45, 7) is 2.55. The summed E-state index contributed by atoms with van der Waals surface area (Å²) in [5.41, 5.74) is 0. The number of hydrogen-bond donors (Lipinski definition) is 1. The van der Waals surface area contributed by atoms with Gasteiger partial charge in [-0.15, -0.1) is 0 Å². The minimum Gasteiger partial charge on any atom is -0.464 e. The van der Waals surface area contributed by atoms with Gasteiger partial charge < -0.3 is 10.1 Å². The lowest BCUT2D eigenvalue weighted by atomic mass is 10.1. The van der Waals surface area contributed by atoms with E-state index in [0.717, 1.165) is 12.8 Å².